The molecule has 4 aromatic rings. The Balaban J connectivity index is 1.49. The number of aromatic amines is 1. The zero-order valence-electron chi connectivity index (χ0n) is 14.9. The number of aromatic hydroxyl groups is 1. The van der Waals surface area contributed by atoms with Gasteiger partial charge in [0.05, 0.1) is 18.0 Å². The maximum atomic E-state index is 13.6. The van der Waals surface area contributed by atoms with E-state index in [1.807, 2.05) is 42.5 Å². The number of phenolic OH excluding ortho intramolecular Hbond substituents is 1. The number of nitrogens with one attached hydrogen (secondary N) is 1. The van der Waals surface area contributed by atoms with Crippen LogP contribution in [-0.4, -0.2) is 20.4 Å². The number of aliphatic hydroxyl groups is 1. The van der Waals surface area contributed by atoms with Crippen molar-refractivity contribution in [2.75, 3.05) is 0 Å². The van der Waals surface area contributed by atoms with E-state index in [0.29, 0.717) is 5.56 Å². The Labute approximate surface area is 160 Å². The second-order valence-corrected chi connectivity index (χ2v) is 7.00. The lowest BCUT2D eigenvalue weighted by Gasteiger charge is -2.05. The molecule has 3 aromatic carbocycles. The highest BCUT2D eigenvalue weighted by Crippen LogP contribution is 2.40. The molecule has 0 atom stereocenters. The highest BCUT2D eigenvalue weighted by Gasteiger charge is 2.25. The van der Waals surface area contributed by atoms with Gasteiger partial charge in [-0.3, -0.25) is 5.10 Å². The van der Waals surface area contributed by atoms with Crippen molar-refractivity contribution in [3.05, 3.63) is 83.2 Å². The molecule has 28 heavy (non-hydrogen) atoms. The summed E-state index contributed by atoms with van der Waals surface area (Å²) in [6.07, 6.45) is 0.773. The van der Waals surface area contributed by atoms with Crippen molar-refractivity contribution in [2.24, 2.45) is 0 Å². The number of halogens is 1. The van der Waals surface area contributed by atoms with Crippen LogP contribution < -0.4 is 0 Å². The van der Waals surface area contributed by atoms with E-state index in [9.17, 15) is 14.6 Å². The van der Waals surface area contributed by atoms with Crippen molar-refractivity contribution in [1.29, 1.82) is 0 Å². The van der Waals surface area contributed by atoms with E-state index in [1.165, 1.54) is 17.7 Å². The fraction of sp³-hybridized carbons (Fsp3) is 0.0870. The molecule has 1 aliphatic rings. The molecule has 0 bridgehead atoms. The number of aliphatic hydroxyl groups excluding tert-OH is 1. The SMILES string of the molecule is OCc1ccc2c(c1)Cc1c(-c3ccc(-c4ccc(O)c(F)c4)cc3)n[nH]c1-2. The summed E-state index contributed by atoms with van der Waals surface area (Å²) in [7, 11) is 0. The largest absolute Gasteiger partial charge is 0.505 e. The number of hydrogen-bond acceptors (Lipinski definition) is 3. The number of nitrogens with zero attached hydrogens (tertiary/aromatic N) is 1. The van der Waals surface area contributed by atoms with Gasteiger partial charge in [0, 0.05) is 23.1 Å². The lowest BCUT2D eigenvalue weighted by molar-refractivity contribution is 0.282. The molecule has 0 saturated carbocycles. The molecular weight excluding hydrogens is 355 g/mol. The van der Waals surface area contributed by atoms with Gasteiger partial charge >= 0.3 is 0 Å². The summed E-state index contributed by atoms with van der Waals surface area (Å²) >= 11 is 0. The fourth-order valence-corrected chi connectivity index (χ4v) is 3.83. The Morgan fingerprint density at radius 2 is 1.68 bits per heavy atom. The van der Waals surface area contributed by atoms with Crippen molar-refractivity contribution in [3.63, 3.8) is 0 Å². The summed E-state index contributed by atoms with van der Waals surface area (Å²) in [5.41, 5.74) is 8.85. The van der Waals surface area contributed by atoms with Crippen LogP contribution in [0.1, 0.15) is 16.7 Å². The first-order valence-electron chi connectivity index (χ1n) is 9.03. The highest BCUT2D eigenvalue weighted by atomic mass is 19.1. The Kier molecular flexibility index (Phi) is 3.77. The first-order chi connectivity index (χ1) is 13.6. The van der Waals surface area contributed by atoms with Gasteiger partial charge in [-0.25, -0.2) is 4.39 Å². The average Bonchev–Trinajstić information content (AvgIpc) is 3.28. The summed E-state index contributed by atoms with van der Waals surface area (Å²) < 4.78 is 13.6. The monoisotopic (exact) mass is 372 g/mol. The van der Waals surface area contributed by atoms with Crippen molar-refractivity contribution in [3.8, 4) is 39.4 Å². The number of hydrogen-bond donors (Lipinski definition) is 3. The highest BCUT2D eigenvalue weighted by molar-refractivity contribution is 5.82. The second-order valence-electron chi connectivity index (χ2n) is 7.00. The summed E-state index contributed by atoms with van der Waals surface area (Å²) in [5.74, 6) is -0.983. The van der Waals surface area contributed by atoms with E-state index in [2.05, 4.69) is 10.2 Å². The molecule has 0 aliphatic heterocycles. The number of rotatable bonds is 3. The number of H-pyrrole nitrogens is 1. The first kappa shape index (κ1) is 16.7. The molecule has 0 amide bonds. The number of phenols is 1. The van der Waals surface area contributed by atoms with Crippen LogP contribution in [-0.2, 0) is 13.0 Å². The molecule has 0 saturated heterocycles. The molecule has 138 valence electrons. The predicted molar refractivity (Wildman–Crippen MR) is 105 cm³/mol. The minimum Gasteiger partial charge on any atom is -0.505 e. The van der Waals surface area contributed by atoms with Crippen molar-refractivity contribution in [2.45, 2.75) is 13.0 Å². The molecule has 0 unspecified atom stereocenters. The molecule has 0 radical (unpaired) electrons. The molecule has 0 spiro atoms. The van der Waals surface area contributed by atoms with Gasteiger partial charge in [-0.2, -0.15) is 5.10 Å². The standard InChI is InChI=1S/C23H17FN2O2/c24-20-11-16(6-8-21(20)28)14-2-4-15(5-3-14)22-19-10-17-9-13(12-27)1-7-18(17)23(19)26-25-22/h1-9,11,27-28H,10,12H2,(H,25,26). The third-order valence-corrected chi connectivity index (χ3v) is 5.30. The fourth-order valence-electron chi connectivity index (χ4n) is 3.83. The van der Waals surface area contributed by atoms with E-state index in [0.717, 1.165) is 45.6 Å². The second kappa shape index (κ2) is 6.32. The molecule has 5 heteroatoms. The normalized spacial score (nSPS) is 12.1. The van der Waals surface area contributed by atoms with Crippen LogP contribution in [0, 0.1) is 5.82 Å². The van der Waals surface area contributed by atoms with E-state index in [4.69, 9.17) is 0 Å². The summed E-state index contributed by atoms with van der Waals surface area (Å²) in [6, 6.07) is 18.2. The van der Waals surface area contributed by atoms with Crippen LogP contribution in [0.3, 0.4) is 0 Å². The third kappa shape index (κ3) is 2.60. The Morgan fingerprint density at radius 1 is 0.929 bits per heavy atom. The van der Waals surface area contributed by atoms with Gasteiger partial charge in [-0.15, -0.1) is 0 Å². The van der Waals surface area contributed by atoms with Gasteiger partial charge in [0.15, 0.2) is 11.6 Å². The van der Waals surface area contributed by atoms with Crippen LogP contribution in [0.25, 0.3) is 33.6 Å². The number of fused-ring (bicyclic) bond motifs is 3. The molecule has 5 rings (SSSR count). The Morgan fingerprint density at radius 3 is 2.43 bits per heavy atom. The third-order valence-electron chi connectivity index (χ3n) is 5.30. The summed E-state index contributed by atoms with van der Waals surface area (Å²) in [6.45, 7) is 0.0334. The number of aromatic nitrogens is 2. The Hall–Kier alpha value is -3.44. The topological polar surface area (TPSA) is 69.1 Å². The van der Waals surface area contributed by atoms with Crippen LogP contribution in [0.2, 0.25) is 0 Å². The quantitative estimate of drug-likeness (QED) is 0.432. The first-order valence-corrected chi connectivity index (χ1v) is 9.03. The minimum absolute atomic E-state index is 0.0334. The van der Waals surface area contributed by atoms with Gasteiger partial charge in [-0.1, -0.05) is 48.5 Å². The van der Waals surface area contributed by atoms with Crippen LogP contribution >= 0.6 is 0 Å². The van der Waals surface area contributed by atoms with Gasteiger partial charge < -0.3 is 10.2 Å². The maximum absolute atomic E-state index is 13.6. The van der Waals surface area contributed by atoms with Crippen LogP contribution in [0.4, 0.5) is 4.39 Å². The molecule has 1 aromatic heterocycles. The summed E-state index contributed by atoms with van der Waals surface area (Å²) in [5, 5.41) is 26.4. The smallest absolute Gasteiger partial charge is 0.165 e. The zero-order valence-corrected chi connectivity index (χ0v) is 14.9. The van der Waals surface area contributed by atoms with Crippen molar-refractivity contribution >= 4 is 0 Å². The van der Waals surface area contributed by atoms with Crippen molar-refractivity contribution < 1.29 is 14.6 Å². The minimum atomic E-state index is -0.633. The number of benzene rings is 3. The molecular formula is C23H17FN2O2. The lowest BCUT2D eigenvalue weighted by atomic mass is 10.0. The van der Waals surface area contributed by atoms with Crippen LogP contribution in [0.5, 0.6) is 5.75 Å². The average molecular weight is 372 g/mol. The zero-order chi connectivity index (χ0) is 19.3. The van der Waals surface area contributed by atoms with E-state index in [1.54, 1.807) is 6.07 Å². The Bertz CT molecular complexity index is 1200. The maximum Gasteiger partial charge on any atom is 0.165 e. The predicted octanol–water partition coefficient (Wildman–Crippen LogP) is 4.65. The van der Waals surface area contributed by atoms with Crippen molar-refractivity contribution in [1.82, 2.24) is 10.2 Å². The lowest BCUT2D eigenvalue weighted by Crippen LogP contribution is -1.90. The van der Waals surface area contributed by atoms with Gasteiger partial charge in [-0.05, 0) is 34.4 Å². The van der Waals surface area contributed by atoms with E-state index >= 15 is 0 Å². The molecule has 4 nitrogen and oxygen atoms in total. The van der Waals surface area contributed by atoms with E-state index < -0.39 is 5.82 Å². The van der Waals surface area contributed by atoms with Crippen LogP contribution in [0.15, 0.2) is 60.7 Å². The summed E-state index contributed by atoms with van der Waals surface area (Å²) in [4.78, 5) is 0. The molecule has 1 heterocycles. The molecule has 0 fully saturated rings. The molecule has 3 N–H and O–H groups in total. The van der Waals surface area contributed by atoms with Gasteiger partial charge in [0.1, 0.15) is 0 Å². The van der Waals surface area contributed by atoms with E-state index in [-0.39, 0.29) is 12.4 Å². The van der Waals surface area contributed by atoms with Gasteiger partial charge in [0.25, 0.3) is 0 Å². The molecule has 1 aliphatic carbocycles. The van der Waals surface area contributed by atoms with Gasteiger partial charge in [0.2, 0.25) is 0 Å².